The Morgan fingerprint density at radius 3 is 1.88 bits per heavy atom. The van der Waals surface area contributed by atoms with Crippen molar-refractivity contribution in [2.45, 2.75) is 36.7 Å². The van der Waals surface area contributed by atoms with Crippen molar-refractivity contribution in [1.29, 1.82) is 5.26 Å². The predicted molar refractivity (Wildman–Crippen MR) is 237 cm³/mol. The highest BCUT2D eigenvalue weighted by Gasteiger charge is 2.27. The van der Waals surface area contributed by atoms with Crippen molar-refractivity contribution in [3.8, 4) is 29.1 Å². The molecule has 0 bridgehead atoms. The van der Waals surface area contributed by atoms with Gasteiger partial charge in [-0.05, 0) is 110 Å². The predicted octanol–water partition coefficient (Wildman–Crippen LogP) is 7.13. The van der Waals surface area contributed by atoms with Crippen molar-refractivity contribution in [2.24, 2.45) is 0 Å². The number of ether oxygens (including phenoxy) is 5. The third-order valence-corrected chi connectivity index (χ3v) is 13.5. The number of carbonyl (C=O) groups excluding carboxylic acids is 2. The molecule has 342 valence electrons. The molecule has 4 N–H and O–H groups in total. The van der Waals surface area contributed by atoms with Crippen LogP contribution in [0.25, 0.3) is 10.1 Å². The molecule has 0 aliphatic rings. The van der Waals surface area contributed by atoms with Crippen molar-refractivity contribution >= 4 is 51.2 Å². The van der Waals surface area contributed by atoms with Gasteiger partial charge in [0.25, 0.3) is 10.0 Å². The van der Waals surface area contributed by atoms with Crippen LogP contribution < -0.4 is 34.1 Å². The molecule has 1 atom stereocenters. The summed E-state index contributed by atoms with van der Waals surface area (Å²) in [5.74, 6) is 0.621. The van der Waals surface area contributed by atoms with Gasteiger partial charge in [0.15, 0.2) is 0 Å². The van der Waals surface area contributed by atoms with E-state index in [4.69, 9.17) is 33.5 Å². The van der Waals surface area contributed by atoms with Crippen LogP contribution in [0.4, 0.5) is 14.0 Å². The minimum Gasteiger partial charge on any atom is -0.497 e. The summed E-state index contributed by atoms with van der Waals surface area (Å²) in [5.41, 5.74) is 1.36. The number of thiophene rings is 1. The molecule has 21 heteroatoms. The number of hydrogen-bond donors (Lipinski definition) is 4. The molecule has 5 aromatic rings. The maximum atomic E-state index is 13.9. The first kappa shape index (κ1) is 49.1. The summed E-state index contributed by atoms with van der Waals surface area (Å²) in [6.07, 6.45) is -0.165. The van der Waals surface area contributed by atoms with E-state index < -0.39 is 41.9 Å². The number of halogens is 1. The lowest BCUT2D eigenvalue weighted by atomic mass is 10.2. The number of amides is 2. The number of carbonyl (C=O) groups is 2. The van der Waals surface area contributed by atoms with Gasteiger partial charge < -0.3 is 48.6 Å². The SMILES string of the molecule is COc1ccc(COC(=O)NCCCN(CCCNC(=O)OCc2ccc(OC)cc2)CCCOc2ccc3sc(S(=O)(=O)NCP(=O)(O)Oc4ccc(C#N)c(F)c4)cc3c2)cc1. The Balaban J connectivity index is 1.08. The first-order valence-electron chi connectivity index (χ1n) is 19.9. The van der Waals surface area contributed by atoms with Gasteiger partial charge in [-0.2, -0.15) is 9.98 Å². The Morgan fingerprint density at radius 1 is 0.781 bits per heavy atom. The molecule has 0 spiro atoms. The monoisotopic (exact) mass is 941 g/mol. The molecular weight excluding hydrogens is 893 g/mol. The van der Waals surface area contributed by atoms with Gasteiger partial charge in [0.1, 0.15) is 58.6 Å². The Bertz CT molecular complexity index is 2450. The molecule has 2 amide bonds. The average Bonchev–Trinajstić information content (AvgIpc) is 3.73. The summed E-state index contributed by atoms with van der Waals surface area (Å²) in [4.78, 5) is 37.1. The summed E-state index contributed by atoms with van der Waals surface area (Å²) < 4.78 is 87.2. The summed E-state index contributed by atoms with van der Waals surface area (Å²) in [5, 5.41) is 15.0. The van der Waals surface area contributed by atoms with Crippen molar-refractivity contribution in [2.75, 3.05) is 59.8 Å². The normalized spacial score (nSPS) is 12.2. The summed E-state index contributed by atoms with van der Waals surface area (Å²) in [7, 11) is -5.70. The summed E-state index contributed by atoms with van der Waals surface area (Å²) in [6.45, 7) is 3.24. The van der Waals surface area contributed by atoms with Gasteiger partial charge in [-0.15, -0.1) is 11.3 Å². The van der Waals surface area contributed by atoms with Crippen molar-refractivity contribution < 1.29 is 60.1 Å². The average molecular weight is 942 g/mol. The largest absolute Gasteiger partial charge is 0.497 e. The summed E-state index contributed by atoms with van der Waals surface area (Å²) >= 11 is 0.952. The van der Waals surface area contributed by atoms with Crippen LogP contribution in [0.15, 0.2) is 95.2 Å². The van der Waals surface area contributed by atoms with Crippen LogP contribution in [0.2, 0.25) is 0 Å². The van der Waals surface area contributed by atoms with Gasteiger partial charge in [-0.3, -0.25) is 0 Å². The van der Waals surface area contributed by atoms with Gasteiger partial charge in [-0.25, -0.2) is 27.0 Å². The minimum atomic E-state index is -4.60. The zero-order valence-electron chi connectivity index (χ0n) is 35.1. The molecule has 1 aromatic heterocycles. The third-order valence-electron chi connectivity index (χ3n) is 9.28. The van der Waals surface area contributed by atoms with Crippen LogP contribution in [0.1, 0.15) is 36.0 Å². The number of sulfonamides is 1. The van der Waals surface area contributed by atoms with Gasteiger partial charge in [0.2, 0.25) is 0 Å². The molecule has 0 saturated carbocycles. The standard InChI is InChI=1S/C43H49FN5O12PS2/c1-56-35-11-6-31(7-12-35)28-59-42(50)46-18-3-20-49(21-4-19-47-43(51)60-29-32-8-13-36(57-2)14-9-32)22-5-23-58-37-16-17-40-34(24-37)25-41(63-40)64(54,55)48-30-62(52,53)61-38-15-10-33(27-45)39(44)26-38/h6-17,24-26,48H,3-5,18-23,28-30H2,1-2H3,(H,46,50)(H,47,51)(H,52,53). The first-order chi connectivity index (χ1) is 30.7. The molecule has 0 saturated heterocycles. The Hall–Kier alpha value is -5.94. The van der Waals surface area contributed by atoms with E-state index in [9.17, 15) is 31.9 Å². The maximum Gasteiger partial charge on any atom is 0.407 e. The minimum absolute atomic E-state index is 0.111. The first-order valence-corrected chi connectivity index (χ1v) is 24.0. The molecule has 64 heavy (non-hydrogen) atoms. The number of rotatable bonds is 25. The molecule has 0 radical (unpaired) electrons. The van der Waals surface area contributed by atoms with Crippen LogP contribution in [0.5, 0.6) is 23.0 Å². The highest BCUT2D eigenvalue weighted by atomic mass is 32.2. The molecule has 4 aromatic carbocycles. The van der Waals surface area contributed by atoms with Gasteiger partial charge in [0, 0.05) is 30.4 Å². The van der Waals surface area contributed by atoms with Crippen LogP contribution in [-0.4, -0.2) is 90.2 Å². The van der Waals surface area contributed by atoms with Gasteiger partial charge >= 0.3 is 19.8 Å². The number of nitrogens with one attached hydrogen (secondary N) is 3. The molecule has 1 unspecified atom stereocenters. The number of methoxy groups -OCH3 is 2. The van der Waals surface area contributed by atoms with Gasteiger partial charge in [0.05, 0.1) is 26.4 Å². The van der Waals surface area contributed by atoms with Crippen LogP contribution in [-0.2, 0) is 37.3 Å². The fraction of sp³-hybridized carbons (Fsp3) is 0.326. The van der Waals surface area contributed by atoms with Crippen LogP contribution in [0, 0.1) is 17.1 Å². The van der Waals surface area contributed by atoms with E-state index in [1.807, 2.05) is 24.3 Å². The number of nitrogens with zero attached hydrogens (tertiary/aromatic N) is 2. The molecule has 1 heterocycles. The van der Waals surface area contributed by atoms with Crippen LogP contribution >= 0.6 is 18.9 Å². The smallest absolute Gasteiger partial charge is 0.407 e. The number of benzene rings is 4. The second-order valence-corrected chi connectivity index (χ2v) is 18.9. The van der Waals surface area contributed by atoms with E-state index in [2.05, 4.69) is 20.3 Å². The lowest BCUT2D eigenvalue weighted by Crippen LogP contribution is -2.34. The summed E-state index contributed by atoms with van der Waals surface area (Å²) in [6, 6.07) is 25.6. The Morgan fingerprint density at radius 2 is 1.33 bits per heavy atom. The molecule has 0 fully saturated rings. The lowest BCUT2D eigenvalue weighted by molar-refractivity contribution is 0.139. The fourth-order valence-corrected chi connectivity index (χ4v) is 9.86. The molecule has 0 aliphatic carbocycles. The van der Waals surface area contributed by atoms with Crippen molar-refractivity contribution in [1.82, 2.24) is 20.3 Å². The molecular formula is C43H49FN5O12PS2. The maximum absolute atomic E-state index is 13.9. The number of hydrogen-bond acceptors (Lipinski definition) is 14. The van der Waals surface area contributed by atoms with Crippen LogP contribution in [0.3, 0.4) is 0 Å². The quantitative estimate of drug-likeness (QED) is 0.0338. The van der Waals surface area contributed by atoms with E-state index in [-0.39, 0.29) is 28.7 Å². The van der Waals surface area contributed by atoms with E-state index in [1.165, 1.54) is 6.07 Å². The van der Waals surface area contributed by atoms with Crippen molar-refractivity contribution in [3.63, 3.8) is 0 Å². The second kappa shape index (κ2) is 24.2. The lowest BCUT2D eigenvalue weighted by Gasteiger charge is -2.22. The highest BCUT2D eigenvalue weighted by Crippen LogP contribution is 2.42. The number of fused-ring (bicyclic) bond motifs is 1. The number of alkyl carbamates (subject to hydrolysis) is 2. The van der Waals surface area contributed by atoms with Gasteiger partial charge in [-0.1, -0.05) is 24.3 Å². The molecule has 5 rings (SSSR count). The van der Waals surface area contributed by atoms with Crippen molar-refractivity contribution in [3.05, 3.63) is 114 Å². The Labute approximate surface area is 374 Å². The Kier molecular flexibility index (Phi) is 18.6. The van der Waals surface area contributed by atoms with E-state index >= 15 is 0 Å². The van der Waals surface area contributed by atoms with E-state index in [0.717, 1.165) is 40.7 Å². The van der Waals surface area contributed by atoms with E-state index in [0.29, 0.717) is 85.9 Å². The zero-order chi connectivity index (χ0) is 46.0. The molecule has 0 aliphatic heterocycles. The fourth-order valence-electron chi connectivity index (χ4n) is 5.94. The number of nitriles is 1. The third kappa shape index (κ3) is 16.0. The highest BCUT2D eigenvalue weighted by molar-refractivity contribution is 7.92. The zero-order valence-corrected chi connectivity index (χ0v) is 37.6. The topological polar surface area (TPSA) is 224 Å². The molecule has 17 nitrogen and oxygen atoms in total. The second-order valence-electron chi connectivity index (χ2n) is 14.0. The van der Waals surface area contributed by atoms with E-state index in [1.54, 1.807) is 62.8 Å².